The number of rotatable bonds is 6. The molecule has 4 heteroatoms. The summed E-state index contributed by atoms with van der Waals surface area (Å²) >= 11 is 0. The van der Waals surface area contributed by atoms with Gasteiger partial charge in [0.05, 0.1) is 0 Å². The summed E-state index contributed by atoms with van der Waals surface area (Å²) in [6.45, 7) is 2.59. The van der Waals surface area contributed by atoms with Gasteiger partial charge in [-0.1, -0.05) is 54.6 Å². The Balaban J connectivity index is 1.56. The van der Waals surface area contributed by atoms with Crippen molar-refractivity contribution in [3.05, 3.63) is 71.3 Å². The number of carbonyl (C=O) groups is 1. The van der Waals surface area contributed by atoms with Crippen LogP contribution < -0.4 is 0 Å². The summed E-state index contributed by atoms with van der Waals surface area (Å²) < 4.78 is 0. The second-order valence-electron chi connectivity index (χ2n) is 8.97. The van der Waals surface area contributed by atoms with Crippen molar-refractivity contribution in [2.45, 2.75) is 37.3 Å². The first-order valence-corrected chi connectivity index (χ1v) is 10.8. The van der Waals surface area contributed by atoms with Gasteiger partial charge >= 0.3 is 0 Å². The van der Waals surface area contributed by atoms with Crippen LogP contribution >= 0.6 is 0 Å². The van der Waals surface area contributed by atoms with Crippen LogP contribution in [-0.2, 0) is 24.1 Å². The van der Waals surface area contributed by atoms with Crippen molar-refractivity contribution >= 4 is 5.91 Å². The summed E-state index contributed by atoms with van der Waals surface area (Å²) in [6, 6.07) is 19.6. The number of carbonyl (C=O) groups excluding carboxylic acids is 1. The molecule has 4 rings (SSSR count). The molecular formula is C25H33N3O. The van der Waals surface area contributed by atoms with Gasteiger partial charge in [0.25, 0.3) is 0 Å². The molecule has 2 aromatic rings. The third-order valence-corrected chi connectivity index (χ3v) is 6.97. The van der Waals surface area contributed by atoms with Crippen LogP contribution in [0, 0.1) is 0 Å². The molecule has 0 bridgehead atoms. The lowest BCUT2D eigenvalue weighted by Gasteiger charge is -2.40. The zero-order chi connectivity index (χ0) is 20.4. The quantitative estimate of drug-likeness (QED) is 0.758. The molecule has 2 aliphatic rings. The number of nitrogens with zero attached hydrogens (tertiary/aromatic N) is 3. The van der Waals surface area contributed by atoms with Gasteiger partial charge < -0.3 is 9.80 Å². The van der Waals surface area contributed by atoms with Gasteiger partial charge in [-0.15, -0.1) is 0 Å². The van der Waals surface area contributed by atoms with Crippen molar-refractivity contribution in [1.29, 1.82) is 0 Å². The molecule has 0 spiro atoms. The van der Waals surface area contributed by atoms with E-state index >= 15 is 0 Å². The molecular weight excluding hydrogens is 358 g/mol. The topological polar surface area (TPSA) is 26.8 Å². The van der Waals surface area contributed by atoms with E-state index in [1.807, 2.05) is 0 Å². The van der Waals surface area contributed by atoms with Crippen LogP contribution in [0.25, 0.3) is 0 Å². The summed E-state index contributed by atoms with van der Waals surface area (Å²) in [6.07, 6.45) is 3.66. The molecule has 1 aliphatic heterocycles. The van der Waals surface area contributed by atoms with Crippen molar-refractivity contribution in [3.63, 3.8) is 0 Å². The molecule has 2 aromatic carbocycles. The van der Waals surface area contributed by atoms with Crippen molar-refractivity contribution < 1.29 is 4.79 Å². The highest BCUT2D eigenvalue weighted by molar-refractivity contribution is 5.88. The van der Waals surface area contributed by atoms with Crippen LogP contribution in [0.1, 0.15) is 23.1 Å². The smallest absolute Gasteiger partial charge is 0.243 e. The molecule has 4 nitrogen and oxygen atoms in total. The van der Waals surface area contributed by atoms with Gasteiger partial charge in [0.15, 0.2) is 0 Å². The highest BCUT2D eigenvalue weighted by Gasteiger charge is 2.49. The highest BCUT2D eigenvalue weighted by atomic mass is 16.2. The van der Waals surface area contributed by atoms with Gasteiger partial charge in [-0.25, -0.2) is 0 Å². The van der Waals surface area contributed by atoms with Crippen molar-refractivity contribution in [2.24, 2.45) is 0 Å². The van der Waals surface area contributed by atoms with Gasteiger partial charge in [-0.2, -0.15) is 0 Å². The third kappa shape index (κ3) is 3.96. The van der Waals surface area contributed by atoms with E-state index < -0.39 is 5.54 Å². The minimum atomic E-state index is -0.459. The van der Waals surface area contributed by atoms with E-state index in [2.05, 4.69) is 90.4 Å². The zero-order valence-corrected chi connectivity index (χ0v) is 18.0. The molecule has 1 saturated heterocycles. The van der Waals surface area contributed by atoms with E-state index in [9.17, 15) is 4.79 Å². The van der Waals surface area contributed by atoms with Crippen LogP contribution in [0.4, 0.5) is 0 Å². The lowest BCUT2D eigenvalue weighted by Crippen LogP contribution is -2.59. The summed E-state index contributed by atoms with van der Waals surface area (Å²) in [5.74, 6) is 0.314. The zero-order valence-electron chi connectivity index (χ0n) is 18.0. The third-order valence-electron chi connectivity index (χ3n) is 6.97. The van der Waals surface area contributed by atoms with Crippen LogP contribution in [0.2, 0.25) is 0 Å². The van der Waals surface area contributed by atoms with Gasteiger partial charge in [0.2, 0.25) is 5.91 Å². The fraction of sp³-hybridized carbons (Fsp3) is 0.480. The number of likely N-dealkylation sites (tertiary alicyclic amines) is 1. The van der Waals surface area contributed by atoms with E-state index in [1.165, 1.54) is 16.7 Å². The first-order valence-electron chi connectivity index (χ1n) is 10.8. The Kier molecular flexibility index (Phi) is 5.75. The van der Waals surface area contributed by atoms with Gasteiger partial charge in [0, 0.05) is 38.5 Å². The van der Waals surface area contributed by atoms with E-state index in [4.69, 9.17) is 0 Å². The van der Waals surface area contributed by atoms with Crippen LogP contribution in [-0.4, -0.2) is 73.0 Å². The second-order valence-corrected chi connectivity index (χ2v) is 8.97. The Morgan fingerprint density at radius 3 is 2.21 bits per heavy atom. The van der Waals surface area contributed by atoms with Crippen LogP contribution in [0.3, 0.4) is 0 Å². The fourth-order valence-corrected chi connectivity index (χ4v) is 4.98. The lowest BCUT2D eigenvalue weighted by molar-refractivity contribution is -0.142. The molecule has 1 aliphatic carbocycles. The number of hydrogen-bond acceptors (Lipinski definition) is 3. The predicted molar refractivity (Wildman–Crippen MR) is 118 cm³/mol. The largest absolute Gasteiger partial charge is 0.339 e. The molecule has 1 fully saturated rings. The monoisotopic (exact) mass is 391 g/mol. The van der Waals surface area contributed by atoms with Crippen molar-refractivity contribution in [1.82, 2.24) is 14.7 Å². The average Bonchev–Trinajstić information content (AvgIpc) is 3.38. The molecule has 29 heavy (non-hydrogen) atoms. The molecule has 0 N–H and O–H groups in total. The van der Waals surface area contributed by atoms with E-state index in [0.29, 0.717) is 11.9 Å². The maximum Gasteiger partial charge on any atom is 0.243 e. The SMILES string of the molecule is CN(C)[C@H]1CCN(C(=O)C2(N(C)CCc3ccccc3)Cc3ccccc3C2)C1. The minimum absolute atomic E-state index is 0.314. The maximum atomic E-state index is 13.9. The van der Waals surface area contributed by atoms with Crippen molar-refractivity contribution in [2.75, 3.05) is 40.8 Å². The first-order chi connectivity index (χ1) is 14.0. The summed E-state index contributed by atoms with van der Waals surface area (Å²) in [4.78, 5) is 20.6. The Labute approximate surface area is 175 Å². The Hall–Kier alpha value is -2.17. The number of amides is 1. The Morgan fingerprint density at radius 2 is 1.62 bits per heavy atom. The standard InChI is InChI=1S/C25H33N3O/c1-26(2)23-14-16-28(19-23)24(29)25(17-21-11-7-8-12-22(21)18-25)27(3)15-13-20-9-5-4-6-10-20/h4-12,23H,13-19H2,1-3H3/t23-/m0/s1. The molecule has 1 amide bonds. The maximum absolute atomic E-state index is 13.9. The second kappa shape index (κ2) is 8.29. The normalized spacial score (nSPS) is 20.4. The number of benzene rings is 2. The summed E-state index contributed by atoms with van der Waals surface area (Å²) in [5, 5.41) is 0. The van der Waals surface area contributed by atoms with Crippen LogP contribution in [0.15, 0.2) is 54.6 Å². The number of hydrogen-bond donors (Lipinski definition) is 0. The molecule has 0 radical (unpaired) electrons. The lowest BCUT2D eigenvalue weighted by atomic mass is 9.91. The summed E-state index contributed by atoms with van der Waals surface area (Å²) in [7, 11) is 6.38. The fourth-order valence-electron chi connectivity index (χ4n) is 4.98. The van der Waals surface area contributed by atoms with Gasteiger partial charge in [-0.05, 0) is 50.7 Å². The Bertz CT molecular complexity index is 823. The minimum Gasteiger partial charge on any atom is -0.339 e. The van der Waals surface area contributed by atoms with Crippen LogP contribution in [0.5, 0.6) is 0 Å². The average molecular weight is 392 g/mol. The van der Waals surface area contributed by atoms with Crippen molar-refractivity contribution in [3.8, 4) is 0 Å². The molecule has 154 valence electrons. The van der Waals surface area contributed by atoms with E-state index in [-0.39, 0.29) is 0 Å². The molecule has 1 atom stereocenters. The molecule has 0 unspecified atom stereocenters. The molecule has 0 saturated carbocycles. The van der Waals surface area contributed by atoms with Gasteiger partial charge in [-0.3, -0.25) is 9.69 Å². The highest BCUT2D eigenvalue weighted by Crippen LogP contribution is 2.36. The van der Waals surface area contributed by atoms with Gasteiger partial charge in [0.1, 0.15) is 5.54 Å². The van der Waals surface area contributed by atoms with E-state index in [0.717, 1.165) is 45.3 Å². The van der Waals surface area contributed by atoms with E-state index in [1.54, 1.807) is 0 Å². The number of fused-ring (bicyclic) bond motifs is 1. The Morgan fingerprint density at radius 1 is 1.00 bits per heavy atom. The predicted octanol–water partition coefficient (Wildman–Crippen LogP) is 2.86. The summed E-state index contributed by atoms with van der Waals surface area (Å²) in [5.41, 5.74) is 3.53. The molecule has 1 heterocycles. The number of likely N-dealkylation sites (N-methyl/N-ethyl adjacent to an activating group) is 2. The first kappa shape index (κ1) is 20.1. The molecule has 0 aromatic heterocycles.